The van der Waals surface area contributed by atoms with Crippen molar-refractivity contribution in [1.82, 2.24) is 0 Å². The fourth-order valence-corrected chi connectivity index (χ4v) is 2.06. The van der Waals surface area contributed by atoms with Crippen molar-refractivity contribution in [1.29, 1.82) is 0 Å². The number of aromatic carboxylic acids is 1. The summed E-state index contributed by atoms with van der Waals surface area (Å²) in [6, 6.07) is 4.37. The van der Waals surface area contributed by atoms with E-state index in [0.717, 1.165) is 0 Å². The molecular weight excluding hydrogens is 268 g/mol. The molecule has 0 aliphatic heterocycles. The van der Waals surface area contributed by atoms with E-state index in [2.05, 4.69) is 0 Å². The molecule has 1 aromatic rings. The number of carbonyl (C=O) groups is 2. The lowest BCUT2D eigenvalue weighted by atomic mass is 10.0. The van der Waals surface area contributed by atoms with Crippen LogP contribution in [0.1, 0.15) is 47.9 Å². The molecule has 0 bridgehead atoms. The van der Waals surface area contributed by atoms with Crippen LogP contribution in [0.4, 0.5) is 0 Å². The van der Waals surface area contributed by atoms with Gasteiger partial charge in [-0.3, -0.25) is 0 Å². The minimum absolute atomic E-state index is 0.0147. The van der Waals surface area contributed by atoms with Crippen LogP contribution in [0.5, 0.6) is 0 Å². The van der Waals surface area contributed by atoms with Crippen molar-refractivity contribution in [3.05, 3.63) is 34.3 Å². The zero-order valence-corrected chi connectivity index (χ0v) is 11.9. The van der Waals surface area contributed by atoms with Crippen LogP contribution >= 0.6 is 11.6 Å². The summed E-state index contributed by atoms with van der Waals surface area (Å²) in [6.45, 7) is 5.79. The first-order valence-electron chi connectivity index (χ1n) is 6.11. The second-order valence-corrected chi connectivity index (χ2v) is 4.97. The van der Waals surface area contributed by atoms with Crippen molar-refractivity contribution in [3.8, 4) is 0 Å². The van der Waals surface area contributed by atoms with E-state index >= 15 is 0 Å². The van der Waals surface area contributed by atoms with Crippen molar-refractivity contribution < 1.29 is 19.4 Å². The third-order valence-electron chi connectivity index (χ3n) is 2.85. The molecule has 0 fully saturated rings. The lowest BCUT2D eigenvalue weighted by Crippen LogP contribution is -2.24. The Morgan fingerprint density at radius 3 is 2.47 bits per heavy atom. The molecule has 1 N–H and O–H groups in total. The molecule has 0 aliphatic carbocycles. The summed E-state index contributed by atoms with van der Waals surface area (Å²) >= 11 is 5.81. The lowest BCUT2D eigenvalue weighted by Gasteiger charge is -2.20. The molecule has 1 rings (SSSR count). The Morgan fingerprint density at radius 1 is 1.37 bits per heavy atom. The topological polar surface area (TPSA) is 63.6 Å². The summed E-state index contributed by atoms with van der Waals surface area (Å²) < 4.78 is 5.33. The number of hydrogen-bond acceptors (Lipinski definition) is 3. The van der Waals surface area contributed by atoms with E-state index in [4.69, 9.17) is 21.4 Å². The molecule has 5 heteroatoms. The van der Waals surface area contributed by atoms with Gasteiger partial charge in [-0.2, -0.15) is 0 Å². The Labute approximate surface area is 117 Å². The van der Waals surface area contributed by atoms with Crippen molar-refractivity contribution in [3.63, 3.8) is 0 Å². The molecule has 4 nitrogen and oxygen atoms in total. The number of halogens is 1. The standard InChI is InChI=1S/C14H17ClO4/c1-4-11(8(2)3)19-14(18)9-6-5-7-10(15)12(9)13(16)17/h5-8,11H,4H2,1-3H3,(H,16,17). The van der Waals surface area contributed by atoms with Gasteiger partial charge in [-0.1, -0.05) is 38.4 Å². The van der Waals surface area contributed by atoms with Gasteiger partial charge in [0.1, 0.15) is 6.10 Å². The van der Waals surface area contributed by atoms with Gasteiger partial charge in [0.05, 0.1) is 16.1 Å². The van der Waals surface area contributed by atoms with Crippen LogP contribution in [-0.2, 0) is 4.74 Å². The summed E-state index contributed by atoms with van der Waals surface area (Å²) in [5.74, 6) is -1.72. The van der Waals surface area contributed by atoms with E-state index in [-0.39, 0.29) is 28.2 Å². The van der Waals surface area contributed by atoms with Gasteiger partial charge in [-0.15, -0.1) is 0 Å². The summed E-state index contributed by atoms with van der Waals surface area (Å²) in [5, 5.41) is 9.13. The van der Waals surface area contributed by atoms with Crippen molar-refractivity contribution in [2.24, 2.45) is 5.92 Å². The van der Waals surface area contributed by atoms with Crippen LogP contribution in [0.3, 0.4) is 0 Å². The van der Waals surface area contributed by atoms with Gasteiger partial charge in [0.15, 0.2) is 0 Å². The molecule has 0 aromatic heterocycles. The van der Waals surface area contributed by atoms with E-state index in [0.29, 0.717) is 6.42 Å². The van der Waals surface area contributed by atoms with Crippen molar-refractivity contribution >= 4 is 23.5 Å². The molecule has 1 atom stereocenters. The molecule has 19 heavy (non-hydrogen) atoms. The number of benzene rings is 1. The fourth-order valence-electron chi connectivity index (χ4n) is 1.80. The molecule has 1 unspecified atom stereocenters. The third kappa shape index (κ3) is 3.70. The van der Waals surface area contributed by atoms with E-state index in [1.165, 1.54) is 18.2 Å². The molecule has 104 valence electrons. The highest BCUT2D eigenvalue weighted by molar-refractivity contribution is 6.34. The highest BCUT2D eigenvalue weighted by Gasteiger charge is 2.23. The van der Waals surface area contributed by atoms with Crippen LogP contribution in [0.2, 0.25) is 5.02 Å². The number of rotatable bonds is 5. The monoisotopic (exact) mass is 284 g/mol. The van der Waals surface area contributed by atoms with E-state index < -0.39 is 11.9 Å². The first kappa shape index (κ1) is 15.5. The molecular formula is C14H17ClO4. The van der Waals surface area contributed by atoms with Crippen molar-refractivity contribution in [2.45, 2.75) is 33.3 Å². The molecule has 1 aromatic carbocycles. The average Bonchev–Trinajstić information content (AvgIpc) is 2.34. The number of carbonyl (C=O) groups excluding carboxylic acids is 1. The van der Waals surface area contributed by atoms with Crippen LogP contribution in [-0.4, -0.2) is 23.1 Å². The van der Waals surface area contributed by atoms with Gasteiger partial charge < -0.3 is 9.84 Å². The molecule has 0 heterocycles. The first-order chi connectivity index (χ1) is 8.88. The lowest BCUT2D eigenvalue weighted by molar-refractivity contribution is 0.0169. The normalized spacial score (nSPS) is 12.3. The number of carboxylic acid groups (broad SMARTS) is 1. The van der Waals surface area contributed by atoms with Crippen LogP contribution < -0.4 is 0 Å². The Morgan fingerprint density at radius 2 is 2.00 bits per heavy atom. The maximum Gasteiger partial charge on any atom is 0.339 e. The highest BCUT2D eigenvalue weighted by Crippen LogP contribution is 2.22. The Hall–Kier alpha value is -1.55. The van der Waals surface area contributed by atoms with Crippen LogP contribution in [0, 0.1) is 5.92 Å². The molecule has 0 saturated carbocycles. The quantitative estimate of drug-likeness (QED) is 0.839. The minimum Gasteiger partial charge on any atom is -0.478 e. The average molecular weight is 285 g/mol. The predicted molar refractivity (Wildman–Crippen MR) is 72.7 cm³/mol. The number of carboxylic acids is 1. The van der Waals surface area contributed by atoms with Gasteiger partial charge in [-0.05, 0) is 24.5 Å². The predicted octanol–water partition coefficient (Wildman–Crippen LogP) is 3.63. The second kappa shape index (κ2) is 6.57. The molecule has 0 amide bonds. The SMILES string of the molecule is CCC(OC(=O)c1cccc(Cl)c1C(=O)O)C(C)C. The number of hydrogen-bond donors (Lipinski definition) is 1. The largest absolute Gasteiger partial charge is 0.478 e. The maximum absolute atomic E-state index is 12.1. The Balaban J connectivity index is 3.07. The van der Waals surface area contributed by atoms with E-state index in [1.807, 2.05) is 20.8 Å². The summed E-state index contributed by atoms with van der Waals surface area (Å²) in [5.41, 5.74) is -0.230. The molecule has 0 radical (unpaired) electrons. The Bertz CT molecular complexity index is 482. The van der Waals surface area contributed by atoms with E-state index in [1.54, 1.807) is 0 Å². The van der Waals surface area contributed by atoms with Gasteiger partial charge >= 0.3 is 11.9 Å². The molecule has 0 saturated heterocycles. The first-order valence-corrected chi connectivity index (χ1v) is 6.49. The van der Waals surface area contributed by atoms with Crippen LogP contribution in [0.15, 0.2) is 18.2 Å². The van der Waals surface area contributed by atoms with Gasteiger partial charge in [-0.25, -0.2) is 9.59 Å². The summed E-state index contributed by atoms with van der Waals surface area (Å²) in [7, 11) is 0. The van der Waals surface area contributed by atoms with Gasteiger partial charge in [0, 0.05) is 0 Å². The maximum atomic E-state index is 12.1. The molecule has 0 aliphatic rings. The summed E-state index contributed by atoms with van der Waals surface area (Å²) in [4.78, 5) is 23.2. The number of esters is 1. The fraction of sp³-hybridized carbons (Fsp3) is 0.429. The van der Waals surface area contributed by atoms with E-state index in [9.17, 15) is 9.59 Å². The van der Waals surface area contributed by atoms with Gasteiger partial charge in [0.25, 0.3) is 0 Å². The zero-order valence-electron chi connectivity index (χ0n) is 11.1. The number of ether oxygens (including phenoxy) is 1. The molecule has 0 spiro atoms. The summed E-state index contributed by atoms with van der Waals surface area (Å²) in [6.07, 6.45) is 0.431. The minimum atomic E-state index is -1.24. The zero-order chi connectivity index (χ0) is 14.6. The Kier molecular flexibility index (Phi) is 5.36. The third-order valence-corrected chi connectivity index (χ3v) is 3.17. The second-order valence-electron chi connectivity index (χ2n) is 4.56. The van der Waals surface area contributed by atoms with Gasteiger partial charge in [0.2, 0.25) is 0 Å². The smallest absolute Gasteiger partial charge is 0.339 e. The van der Waals surface area contributed by atoms with Crippen molar-refractivity contribution in [2.75, 3.05) is 0 Å². The highest BCUT2D eigenvalue weighted by atomic mass is 35.5. The van der Waals surface area contributed by atoms with Crippen LogP contribution in [0.25, 0.3) is 0 Å².